The van der Waals surface area contributed by atoms with Crippen molar-refractivity contribution in [2.24, 2.45) is 0 Å². The van der Waals surface area contributed by atoms with E-state index in [1.807, 2.05) is 0 Å². The summed E-state index contributed by atoms with van der Waals surface area (Å²) in [5.74, 6) is 0. The number of aromatic nitrogens is 2. The summed E-state index contributed by atoms with van der Waals surface area (Å²) in [5.41, 5.74) is -0.716. The highest BCUT2D eigenvalue weighted by molar-refractivity contribution is 5.08. The van der Waals surface area contributed by atoms with Gasteiger partial charge in [-0.25, -0.2) is 0 Å². The topological polar surface area (TPSA) is 29.9 Å². The summed E-state index contributed by atoms with van der Waals surface area (Å²) in [4.78, 5) is 0. The van der Waals surface area contributed by atoms with Crippen LogP contribution in [0.1, 0.15) is 5.56 Å². The summed E-state index contributed by atoms with van der Waals surface area (Å²) in [6, 6.07) is 0. The molecule has 0 unspecified atom stereocenters. The van der Waals surface area contributed by atoms with Crippen LogP contribution in [0.25, 0.3) is 0 Å². The standard InChI is InChI=1S/C9H12F3N3/c1-2-3-13-4-5-15-7-8(6-14-15)9(10,11)12/h2,6-7,13H,1,3-5H2. The minimum Gasteiger partial charge on any atom is -0.311 e. The van der Waals surface area contributed by atoms with E-state index in [-0.39, 0.29) is 0 Å². The lowest BCUT2D eigenvalue weighted by Crippen LogP contribution is -2.20. The fourth-order valence-electron chi connectivity index (χ4n) is 1.03. The molecule has 0 saturated carbocycles. The molecule has 15 heavy (non-hydrogen) atoms. The van der Waals surface area contributed by atoms with Crippen LogP contribution in [0, 0.1) is 0 Å². The smallest absolute Gasteiger partial charge is 0.311 e. The summed E-state index contributed by atoms with van der Waals surface area (Å²) >= 11 is 0. The van der Waals surface area contributed by atoms with Gasteiger partial charge in [0.15, 0.2) is 0 Å². The highest BCUT2D eigenvalue weighted by atomic mass is 19.4. The first kappa shape index (κ1) is 11.8. The van der Waals surface area contributed by atoms with Gasteiger partial charge in [-0.2, -0.15) is 18.3 Å². The SMILES string of the molecule is C=CCNCCn1cc(C(F)(F)F)cn1. The summed E-state index contributed by atoms with van der Waals surface area (Å²) < 4.78 is 37.7. The van der Waals surface area contributed by atoms with Gasteiger partial charge in [-0.05, 0) is 0 Å². The molecule has 0 spiro atoms. The zero-order valence-corrected chi connectivity index (χ0v) is 8.09. The fourth-order valence-corrected chi connectivity index (χ4v) is 1.03. The molecule has 1 aromatic heterocycles. The minimum absolute atomic E-state index is 0.407. The molecule has 1 heterocycles. The molecule has 1 aromatic rings. The van der Waals surface area contributed by atoms with Gasteiger partial charge >= 0.3 is 6.18 Å². The average Bonchev–Trinajstić information content (AvgIpc) is 2.60. The van der Waals surface area contributed by atoms with Gasteiger partial charge in [-0.15, -0.1) is 6.58 Å². The maximum Gasteiger partial charge on any atom is 0.419 e. The molecule has 0 aliphatic heterocycles. The third kappa shape index (κ3) is 3.75. The second kappa shape index (κ2) is 4.97. The number of alkyl halides is 3. The van der Waals surface area contributed by atoms with E-state index in [4.69, 9.17) is 0 Å². The van der Waals surface area contributed by atoms with Crippen LogP contribution in [-0.2, 0) is 12.7 Å². The van der Waals surface area contributed by atoms with E-state index in [1.165, 1.54) is 4.68 Å². The Balaban J connectivity index is 2.43. The van der Waals surface area contributed by atoms with Crippen molar-refractivity contribution in [3.05, 3.63) is 30.6 Å². The Morgan fingerprint density at radius 2 is 2.27 bits per heavy atom. The molecular formula is C9H12F3N3. The number of hydrogen-bond acceptors (Lipinski definition) is 2. The van der Waals surface area contributed by atoms with Crippen molar-refractivity contribution in [2.75, 3.05) is 13.1 Å². The Hall–Kier alpha value is -1.30. The van der Waals surface area contributed by atoms with Crippen LogP contribution >= 0.6 is 0 Å². The number of halogens is 3. The first-order chi connectivity index (χ1) is 7.04. The normalized spacial score (nSPS) is 11.7. The van der Waals surface area contributed by atoms with Crippen molar-refractivity contribution >= 4 is 0 Å². The van der Waals surface area contributed by atoms with Gasteiger partial charge in [0.1, 0.15) is 0 Å². The molecule has 1 N–H and O–H groups in total. The van der Waals surface area contributed by atoms with Crippen molar-refractivity contribution in [3.63, 3.8) is 0 Å². The molecule has 0 aliphatic carbocycles. The second-order valence-electron chi connectivity index (χ2n) is 2.98. The van der Waals surface area contributed by atoms with E-state index in [0.717, 1.165) is 12.4 Å². The van der Waals surface area contributed by atoms with Gasteiger partial charge in [-0.1, -0.05) is 6.08 Å². The van der Waals surface area contributed by atoms with Crippen LogP contribution in [0.2, 0.25) is 0 Å². The van der Waals surface area contributed by atoms with Gasteiger partial charge < -0.3 is 5.32 Å². The molecule has 0 bridgehead atoms. The van der Waals surface area contributed by atoms with E-state index in [9.17, 15) is 13.2 Å². The molecule has 0 fully saturated rings. The molecule has 0 radical (unpaired) electrons. The van der Waals surface area contributed by atoms with Crippen LogP contribution in [-0.4, -0.2) is 22.9 Å². The van der Waals surface area contributed by atoms with Crippen LogP contribution in [0.3, 0.4) is 0 Å². The molecule has 0 amide bonds. The third-order valence-electron chi connectivity index (χ3n) is 1.77. The van der Waals surface area contributed by atoms with Gasteiger partial charge in [0, 0.05) is 19.3 Å². The molecular weight excluding hydrogens is 207 g/mol. The lowest BCUT2D eigenvalue weighted by Gasteiger charge is -2.02. The molecule has 0 aliphatic rings. The molecule has 0 saturated heterocycles. The van der Waals surface area contributed by atoms with E-state index in [2.05, 4.69) is 17.0 Å². The number of rotatable bonds is 5. The minimum atomic E-state index is -4.31. The van der Waals surface area contributed by atoms with Crippen molar-refractivity contribution in [1.82, 2.24) is 15.1 Å². The maximum absolute atomic E-state index is 12.2. The van der Waals surface area contributed by atoms with Crippen LogP contribution in [0.15, 0.2) is 25.0 Å². The average molecular weight is 219 g/mol. The third-order valence-corrected chi connectivity index (χ3v) is 1.77. The number of nitrogens with zero attached hydrogens (tertiary/aromatic N) is 2. The zero-order chi connectivity index (χ0) is 11.3. The first-order valence-electron chi connectivity index (χ1n) is 4.45. The maximum atomic E-state index is 12.2. The van der Waals surface area contributed by atoms with E-state index >= 15 is 0 Å². The van der Waals surface area contributed by atoms with E-state index in [0.29, 0.717) is 19.6 Å². The highest BCUT2D eigenvalue weighted by Gasteiger charge is 2.31. The molecule has 0 atom stereocenters. The van der Waals surface area contributed by atoms with Gasteiger partial charge in [0.25, 0.3) is 0 Å². The largest absolute Gasteiger partial charge is 0.419 e. The lowest BCUT2D eigenvalue weighted by molar-refractivity contribution is -0.137. The monoisotopic (exact) mass is 219 g/mol. The van der Waals surface area contributed by atoms with E-state index in [1.54, 1.807) is 6.08 Å². The second-order valence-corrected chi connectivity index (χ2v) is 2.98. The first-order valence-corrected chi connectivity index (χ1v) is 4.45. The lowest BCUT2D eigenvalue weighted by atomic mass is 10.4. The summed E-state index contributed by atoms with van der Waals surface area (Å²) in [6.45, 7) is 5.11. The highest BCUT2D eigenvalue weighted by Crippen LogP contribution is 2.28. The Morgan fingerprint density at radius 1 is 1.53 bits per heavy atom. The van der Waals surface area contributed by atoms with Crippen molar-refractivity contribution in [3.8, 4) is 0 Å². The van der Waals surface area contributed by atoms with Crippen molar-refractivity contribution < 1.29 is 13.2 Å². The van der Waals surface area contributed by atoms with Crippen molar-refractivity contribution in [1.29, 1.82) is 0 Å². The zero-order valence-electron chi connectivity index (χ0n) is 8.09. The predicted octanol–water partition coefficient (Wildman–Crippen LogP) is 1.68. The van der Waals surface area contributed by atoms with Crippen LogP contribution in [0.5, 0.6) is 0 Å². The summed E-state index contributed by atoms with van der Waals surface area (Å²) in [5, 5.41) is 6.58. The van der Waals surface area contributed by atoms with Gasteiger partial charge in [-0.3, -0.25) is 4.68 Å². The molecule has 1 rings (SSSR count). The van der Waals surface area contributed by atoms with E-state index < -0.39 is 11.7 Å². The number of nitrogens with one attached hydrogen (secondary N) is 1. The molecule has 3 nitrogen and oxygen atoms in total. The van der Waals surface area contributed by atoms with Crippen molar-refractivity contribution in [2.45, 2.75) is 12.7 Å². The Morgan fingerprint density at radius 3 is 2.80 bits per heavy atom. The predicted molar refractivity (Wildman–Crippen MR) is 50.3 cm³/mol. The van der Waals surface area contributed by atoms with Gasteiger partial charge in [0.2, 0.25) is 0 Å². The van der Waals surface area contributed by atoms with Crippen LogP contribution in [0.4, 0.5) is 13.2 Å². The quantitative estimate of drug-likeness (QED) is 0.603. The Bertz CT molecular complexity index is 317. The summed E-state index contributed by atoms with van der Waals surface area (Å²) in [7, 11) is 0. The molecule has 84 valence electrons. The summed E-state index contributed by atoms with van der Waals surface area (Å²) in [6.07, 6.45) is -0.805. The number of hydrogen-bond donors (Lipinski definition) is 1. The Labute approximate surface area is 85.6 Å². The van der Waals surface area contributed by atoms with Crippen LogP contribution < -0.4 is 5.32 Å². The Kier molecular flexibility index (Phi) is 3.90. The fraction of sp³-hybridized carbons (Fsp3) is 0.444. The molecule has 0 aromatic carbocycles. The van der Waals surface area contributed by atoms with Gasteiger partial charge in [0.05, 0.1) is 18.3 Å². The molecule has 6 heteroatoms.